The van der Waals surface area contributed by atoms with Gasteiger partial charge in [-0.2, -0.15) is 0 Å². The Balaban J connectivity index is 1.29. The van der Waals surface area contributed by atoms with Gasteiger partial charge in [-0.05, 0) is 55.0 Å². The molecule has 2 aliphatic heterocycles. The van der Waals surface area contributed by atoms with Crippen LogP contribution in [0.2, 0.25) is 5.02 Å². The second-order valence-corrected chi connectivity index (χ2v) is 8.74. The number of hydroxylamine groups is 1. The molecule has 162 valence electrons. The quantitative estimate of drug-likeness (QED) is 0.606. The van der Waals surface area contributed by atoms with Gasteiger partial charge in [0.2, 0.25) is 0 Å². The Hall–Kier alpha value is -2.61. The van der Waals surface area contributed by atoms with Gasteiger partial charge < -0.3 is 15.5 Å². The standard InChI is InChI=1S/C23H25ClN4O2S/c1-16-2-8-19(9-3-16)26-22(31)28-12-10-23(11-13-28)14-20(27-30-23)21(29)25-15-17-4-6-18(24)7-5-17/h2-9,14,27H,10-13,15H2,1H3,(H,25,29)(H,26,31). The van der Waals surface area contributed by atoms with Gasteiger partial charge in [-0.15, -0.1) is 0 Å². The first-order valence-electron chi connectivity index (χ1n) is 10.2. The molecule has 31 heavy (non-hydrogen) atoms. The molecule has 0 atom stereocenters. The lowest BCUT2D eigenvalue weighted by molar-refractivity contribution is -0.120. The smallest absolute Gasteiger partial charge is 0.269 e. The Kier molecular flexibility index (Phi) is 6.46. The maximum Gasteiger partial charge on any atom is 0.269 e. The molecular weight excluding hydrogens is 432 g/mol. The van der Waals surface area contributed by atoms with E-state index in [1.165, 1.54) is 5.56 Å². The van der Waals surface area contributed by atoms with Crippen LogP contribution in [0.1, 0.15) is 24.0 Å². The number of nitrogens with one attached hydrogen (secondary N) is 3. The summed E-state index contributed by atoms with van der Waals surface area (Å²) in [6, 6.07) is 15.5. The molecule has 0 radical (unpaired) electrons. The molecule has 2 heterocycles. The van der Waals surface area contributed by atoms with E-state index in [4.69, 9.17) is 28.7 Å². The maximum absolute atomic E-state index is 12.5. The van der Waals surface area contributed by atoms with Gasteiger partial charge in [0, 0.05) is 43.2 Å². The summed E-state index contributed by atoms with van der Waals surface area (Å²) in [5.74, 6) is -0.189. The van der Waals surface area contributed by atoms with E-state index >= 15 is 0 Å². The van der Waals surface area contributed by atoms with Crippen molar-refractivity contribution in [1.29, 1.82) is 0 Å². The van der Waals surface area contributed by atoms with E-state index in [9.17, 15) is 4.79 Å². The van der Waals surface area contributed by atoms with E-state index in [1.807, 2.05) is 30.3 Å². The second kappa shape index (κ2) is 9.26. The summed E-state index contributed by atoms with van der Waals surface area (Å²) in [6.45, 7) is 3.97. The monoisotopic (exact) mass is 456 g/mol. The van der Waals surface area contributed by atoms with E-state index in [0.717, 1.165) is 37.2 Å². The Morgan fingerprint density at radius 1 is 1.16 bits per heavy atom. The SMILES string of the molecule is Cc1ccc(NC(=S)N2CCC3(C=C(C(=O)NCc4ccc(Cl)cc4)NO3)CC2)cc1. The molecule has 3 N–H and O–H groups in total. The van der Waals surface area contributed by atoms with Crippen LogP contribution in [0.4, 0.5) is 5.69 Å². The van der Waals surface area contributed by atoms with Crippen molar-refractivity contribution in [3.05, 3.63) is 76.5 Å². The predicted octanol–water partition coefficient (Wildman–Crippen LogP) is 3.91. The van der Waals surface area contributed by atoms with Gasteiger partial charge in [0.15, 0.2) is 5.11 Å². The molecule has 2 aromatic carbocycles. The minimum absolute atomic E-state index is 0.189. The molecule has 4 rings (SSSR count). The van der Waals surface area contributed by atoms with Crippen molar-refractivity contribution in [2.75, 3.05) is 18.4 Å². The number of likely N-dealkylation sites (tertiary alicyclic amines) is 1. The van der Waals surface area contributed by atoms with Crippen LogP contribution >= 0.6 is 23.8 Å². The molecule has 0 aliphatic carbocycles. The minimum atomic E-state index is -0.483. The third kappa shape index (κ3) is 5.36. The zero-order valence-electron chi connectivity index (χ0n) is 17.3. The average Bonchev–Trinajstić information content (AvgIpc) is 3.19. The van der Waals surface area contributed by atoms with Crippen LogP contribution in [0.25, 0.3) is 0 Å². The van der Waals surface area contributed by atoms with Crippen molar-refractivity contribution >= 4 is 40.5 Å². The highest BCUT2D eigenvalue weighted by molar-refractivity contribution is 7.80. The first-order chi connectivity index (χ1) is 14.9. The number of carbonyl (C=O) groups is 1. The van der Waals surface area contributed by atoms with Crippen molar-refractivity contribution in [1.82, 2.24) is 15.7 Å². The molecule has 1 fully saturated rings. The van der Waals surface area contributed by atoms with E-state index in [2.05, 4.69) is 40.1 Å². The summed E-state index contributed by atoms with van der Waals surface area (Å²) in [4.78, 5) is 20.5. The highest BCUT2D eigenvalue weighted by Gasteiger charge is 2.40. The first-order valence-corrected chi connectivity index (χ1v) is 11.0. The topological polar surface area (TPSA) is 65.6 Å². The summed E-state index contributed by atoms with van der Waals surface area (Å²) >= 11 is 11.5. The summed E-state index contributed by atoms with van der Waals surface area (Å²) < 4.78 is 0. The number of nitrogens with zero attached hydrogens (tertiary/aromatic N) is 1. The number of rotatable bonds is 4. The van der Waals surface area contributed by atoms with Gasteiger partial charge in [0.1, 0.15) is 11.3 Å². The fourth-order valence-corrected chi connectivity index (χ4v) is 4.07. The Morgan fingerprint density at radius 3 is 2.52 bits per heavy atom. The number of amides is 1. The largest absolute Gasteiger partial charge is 0.349 e. The van der Waals surface area contributed by atoms with Crippen LogP contribution in [0, 0.1) is 6.92 Å². The molecule has 1 spiro atoms. The van der Waals surface area contributed by atoms with Crippen LogP contribution in [0.5, 0.6) is 0 Å². The molecule has 1 saturated heterocycles. The van der Waals surface area contributed by atoms with Gasteiger partial charge in [-0.3, -0.25) is 15.1 Å². The van der Waals surface area contributed by atoms with Crippen molar-refractivity contribution in [3.8, 4) is 0 Å². The van der Waals surface area contributed by atoms with E-state index in [1.54, 1.807) is 12.1 Å². The molecule has 2 aliphatic rings. The molecule has 8 heteroatoms. The zero-order valence-corrected chi connectivity index (χ0v) is 18.9. The lowest BCUT2D eigenvalue weighted by Crippen LogP contribution is -2.48. The van der Waals surface area contributed by atoms with Gasteiger partial charge in [-0.25, -0.2) is 0 Å². The first kappa shape index (κ1) is 21.6. The highest BCUT2D eigenvalue weighted by atomic mass is 35.5. The normalized spacial score (nSPS) is 17.1. The average molecular weight is 457 g/mol. The van der Waals surface area contributed by atoms with Crippen LogP contribution in [0.3, 0.4) is 0 Å². The lowest BCUT2D eigenvalue weighted by atomic mass is 9.91. The number of benzene rings is 2. The lowest BCUT2D eigenvalue weighted by Gasteiger charge is -2.37. The molecule has 2 aromatic rings. The van der Waals surface area contributed by atoms with Crippen LogP contribution < -0.4 is 16.1 Å². The van der Waals surface area contributed by atoms with E-state index in [-0.39, 0.29) is 5.91 Å². The fourth-order valence-electron chi connectivity index (χ4n) is 3.64. The minimum Gasteiger partial charge on any atom is -0.349 e. The van der Waals surface area contributed by atoms with Crippen molar-refractivity contribution in [2.45, 2.75) is 31.9 Å². The number of piperidine rings is 1. The molecule has 0 aromatic heterocycles. The predicted molar refractivity (Wildman–Crippen MR) is 127 cm³/mol. The number of aryl methyl sites for hydroxylation is 1. The third-order valence-corrected chi connectivity index (χ3v) is 6.19. The van der Waals surface area contributed by atoms with Gasteiger partial charge >= 0.3 is 0 Å². The molecule has 6 nitrogen and oxygen atoms in total. The third-order valence-electron chi connectivity index (χ3n) is 5.58. The molecule has 0 unspecified atom stereocenters. The fraction of sp³-hybridized carbons (Fsp3) is 0.304. The number of thiocarbonyl (C=S) groups is 1. The number of halogens is 1. The van der Waals surface area contributed by atoms with Crippen LogP contribution in [-0.2, 0) is 16.2 Å². The van der Waals surface area contributed by atoms with E-state index in [0.29, 0.717) is 22.4 Å². The zero-order chi connectivity index (χ0) is 21.8. The van der Waals surface area contributed by atoms with Gasteiger partial charge in [-0.1, -0.05) is 41.4 Å². The van der Waals surface area contributed by atoms with Crippen molar-refractivity contribution in [2.24, 2.45) is 0 Å². The van der Waals surface area contributed by atoms with Crippen LogP contribution in [0.15, 0.2) is 60.3 Å². The number of carbonyl (C=O) groups excluding carboxylic acids is 1. The Morgan fingerprint density at radius 2 is 1.84 bits per heavy atom. The molecule has 0 bridgehead atoms. The Bertz CT molecular complexity index is 984. The van der Waals surface area contributed by atoms with Crippen molar-refractivity contribution in [3.63, 3.8) is 0 Å². The van der Waals surface area contributed by atoms with Gasteiger partial charge in [0.25, 0.3) is 5.91 Å². The summed E-state index contributed by atoms with van der Waals surface area (Å²) in [6.07, 6.45) is 3.38. The number of anilines is 1. The molecule has 1 amide bonds. The molecule has 0 saturated carbocycles. The summed E-state index contributed by atoms with van der Waals surface area (Å²) in [5, 5.41) is 7.58. The highest BCUT2D eigenvalue weighted by Crippen LogP contribution is 2.32. The Labute approximate surface area is 192 Å². The van der Waals surface area contributed by atoms with Gasteiger partial charge in [0.05, 0.1) is 0 Å². The van der Waals surface area contributed by atoms with E-state index < -0.39 is 5.60 Å². The summed E-state index contributed by atoms with van der Waals surface area (Å²) in [5.41, 5.74) is 5.95. The van der Waals surface area contributed by atoms with Crippen LogP contribution in [-0.4, -0.2) is 34.6 Å². The molecular formula is C23H25ClN4O2S. The number of hydrogen-bond acceptors (Lipinski definition) is 4. The number of hydrogen-bond donors (Lipinski definition) is 3. The van der Waals surface area contributed by atoms with Crippen molar-refractivity contribution < 1.29 is 9.63 Å². The maximum atomic E-state index is 12.5. The second-order valence-electron chi connectivity index (χ2n) is 7.92. The summed E-state index contributed by atoms with van der Waals surface area (Å²) in [7, 11) is 0.